The highest BCUT2D eigenvalue weighted by Gasteiger charge is 2.23. The van der Waals surface area contributed by atoms with E-state index in [1.165, 1.54) is 72.1 Å². The summed E-state index contributed by atoms with van der Waals surface area (Å²) >= 11 is 0. The zero-order valence-electron chi connectivity index (χ0n) is 53.2. The SMILES string of the molecule is Cn1cc(NC(=O)c2nccn2C)cc1NC(=O)CCC(=O)Nc1cn(C)c(C(=O)Nc2cc(C(=O)NCCCC(=O)Nc3cn(C)c(C(=O)NCCC(=O)Nc4cc(C(=O)Nc5cn(C)c(C(=O)NCCC(=O)NCC#CC#CC6CCNCC6)n5)n(C)c4)n3)n(C)c2)n1. The van der Waals surface area contributed by atoms with Crippen LogP contribution < -0.4 is 63.8 Å². The molecule has 7 aromatic heterocycles. The van der Waals surface area contributed by atoms with Gasteiger partial charge in [-0.1, -0.05) is 11.8 Å². The molecule has 12 N–H and O–H groups in total. The number of anilines is 7. The van der Waals surface area contributed by atoms with Crippen molar-refractivity contribution in [2.24, 2.45) is 55.3 Å². The molecule has 498 valence electrons. The van der Waals surface area contributed by atoms with Crippen molar-refractivity contribution in [1.29, 1.82) is 0 Å². The minimum absolute atomic E-state index is 0.00560. The largest absolute Gasteiger partial charge is 0.351 e. The molecule has 0 atom stereocenters. The van der Waals surface area contributed by atoms with Crippen molar-refractivity contribution in [3.63, 3.8) is 0 Å². The van der Waals surface area contributed by atoms with Crippen LogP contribution in [0.4, 0.5) is 40.3 Å². The second-order valence-electron chi connectivity index (χ2n) is 22.0. The number of imidazole rings is 4. The van der Waals surface area contributed by atoms with Crippen molar-refractivity contribution in [2.45, 2.75) is 51.4 Å². The van der Waals surface area contributed by atoms with E-state index in [1.807, 2.05) is 0 Å². The van der Waals surface area contributed by atoms with Crippen molar-refractivity contribution in [2.75, 3.05) is 76.5 Å². The van der Waals surface area contributed by atoms with Gasteiger partial charge >= 0.3 is 0 Å². The maximum atomic E-state index is 13.3. The summed E-state index contributed by atoms with van der Waals surface area (Å²) in [5, 5.41) is 32.6. The molecule has 1 aliphatic rings. The van der Waals surface area contributed by atoms with Gasteiger partial charge in [-0.25, -0.2) is 19.9 Å². The fourth-order valence-corrected chi connectivity index (χ4v) is 9.60. The molecular formula is C61H73N23O11. The van der Waals surface area contributed by atoms with Crippen molar-refractivity contribution in [3.8, 4) is 23.7 Å². The average Bonchev–Trinajstić information content (AvgIpc) is 1.72. The van der Waals surface area contributed by atoms with Gasteiger partial charge in [0.15, 0.2) is 23.3 Å². The normalized spacial score (nSPS) is 11.8. The highest BCUT2D eigenvalue weighted by atomic mass is 16.2. The number of carbonyl (C=O) groups excluding carboxylic acids is 11. The van der Waals surface area contributed by atoms with E-state index < -0.39 is 59.1 Å². The third kappa shape index (κ3) is 19.7. The topological polar surface area (TPSA) is 418 Å². The van der Waals surface area contributed by atoms with Crippen LogP contribution in [0.1, 0.15) is 115 Å². The van der Waals surface area contributed by atoms with Gasteiger partial charge in [-0.05, 0) is 56.3 Å². The first-order valence-electron chi connectivity index (χ1n) is 30.0. The maximum absolute atomic E-state index is 13.3. The lowest BCUT2D eigenvalue weighted by Gasteiger charge is -2.16. The van der Waals surface area contributed by atoms with Crippen LogP contribution in [0.15, 0.2) is 67.8 Å². The van der Waals surface area contributed by atoms with Crippen LogP contribution in [0, 0.1) is 29.6 Å². The molecular weight excluding hydrogens is 1230 g/mol. The molecule has 34 heteroatoms. The van der Waals surface area contributed by atoms with Gasteiger partial charge in [0.1, 0.15) is 17.2 Å². The van der Waals surface area contributed by atoms with Crippen LogP contribution in [0.2, 0.25) is 0 Å². The second-order valence-corrected chi connectivity index (χ2v) is 22.0. The molecule has 0 unspecified atom stereocenters. The highest BCUT2D eigenvalue weighted by Crippen LogP contribution is 2.21. The van der Waals surface area contributed by atoms with E-state index in [0.717, 1.165) is 25.9 Å². The van der Waals surface area contributed by atoms with E-state index in [-0.39, 0.29) is 128 Å². The number of nitrogens with one attached hydrogen (secondary N) is 12. The predicted octanol–water partition coefficient (Wildman–Crippen LogP) is 0.900. The number of aryl methyl sites for hydroxylation is 7. The smallest absolute Gasteiger partial charge is 0.291 e. The lowest BCUT2D eigenvalue weighted by Crippen LogP contribution is -2.32. The summed E-state index contributed by atoms with van der Waals surface area (Å²) in [6, 6.07) is 4.46. The van der Waals surface area contributed by atoms with Gasteiger partial charge in [-0.15, -0.1) is 0 Å². The standard InChI is InChI=1S/C61H73N23O11/c1-78-27-26-64-52(78)60(94)70-40-30-46(81(4)33-40)77-50(88)15-14-49(87)72-44-35-84(7)55(74-44)61(95)69-39-29-41(79(2)32-39)56(90)65-21-11-13-48(86)71-43-34-82(5)53(73-43)58(92)67-25-19-51(89)68-38-28-42(80(3)31-38)57(91)76-45-36-83(6)54(75-45)59(93)66-24-18-47(85)63-20-10-8-9-12-37-16-22-62-23-17-37/h26-37,62H,11,13-25H2,1-7H3,(H,63,85)(H,65,90)(H,66,93)(H,67,92)(H,68,89)(H,69,95)(H,70,94)(H,71,86)(H,72,87)(H,76,91)(H,77,88). The molecule has 1 aliphatic heterocycles. The molecule has 1 fully saturated rings. The minimum Gasteiger partial charge on any atom is -0.351 e. The number of hydrogen-bond acceptors (Lipinski definition) is 16. The van der Waals surface area contributed by atoms with E-state index in [2.05, 4.69) is 107 Å². The first-order chi connectivity index (χ1) is 45.5. The predicted molar refractivity (Wildman–Crippen MR) is 346 cm³/mol. The van der Waals surface area contributed by atoms with Crippen LogP contribution in [0.5, 0.6) is 0 Å². The highest BCUT2D eigenvalue weighted by molar-refractivity contribution is 6.06. The molecule has 0 radical (unpaired) electrons. The second kappa shape index (κ2) is 32.3. The molecule has 0 spiro atoms. The summed E-state index contributed by atoms with van der Waals surface area (Å²) in [7, 11) is 11.2. The molecule has 0 aliphatic carbocycles. The monoisotopic (exact) mass is 1300 g/mol. The molecule has 7 aromatic rings. The molecule has 95 heavy (non-hydrogen) atoms. The summed E-state index contributed by atoms with van der Waals surface area (Å²) in [6.45, 7) is 2.07. The van der Waals surface area contributed by atoms with Crippen LogP contribution >= 0.6 is 0 Å². The molecule has 0 bridgehead atoms. The van der Waals surface area contributed by atoms with Crippen molar-refractivity contribution in [1.82, 2.24) is 78.5 Å². The van der Waals surface area contributed by atoms with Crippen LogP contribution in [-0.4, -0.2) is 156 Å². The third-order valence-corrected chi connectivity index (χ3v) is 14.4. The number of piperidine rings is 1. The third-order valence-electron chi connectivity index (χ3n) is 14.4. The minimum atomic E-state index is -0.642. The number of nitrogens with zero attached hydrogens (tertiary/aromatic N) is 11. The molecule has 0 aromatic carbocycles. The molecule has 8 rings (SSSR count). The Balaban J connectivity index is 0.684. The van der Waals surface area contributed by atoms with Crippen LogP contribution in [0.25, 0.3) is 0 Å². The van der Waals surface area contributed by atoms with Gasteiger partial charge in [0.2, 0.25) is 47.0 Å². The van der Waals surface area contributed by atoms with E-state index in [1.54, 1.807) is 76.9 Å². The Bertz CT molecular complexity index is 4200. The van der Waals surface area contributed by atoms with E-state index >= 15 is 0 Å². The summed E-state index contributed by atoms with van der Waals surface area (Å²) in [5.41, 5.74) is 1.35. The first kappa shape index (κ1) is 68.8. The van der Waals surface area contributed by atoms with E-state index in [4.69, 9.17) is 0 Å². The summed E-state index contributed by atoms with van der Waals surface area (Å²) in [4.78, 5) is 158. The van der Waals surface area contributed by atoms with Gasteiger partial charge < -0.3 is 95.8 Å². The Kier molecular flexibility index (Phi) is 23.4. The maximum Gasteiger partial charge on any atom is 0.291 e. The average molecular weight is 1300 g/mol. The zero-order valence-corrected chi connectivity index (χ0v) is 53.2. The summed E-state index contributed by atoms with van der Waals surface area (Å²) < 4.78 is 10.4. The number of hydrogen-bond donors (Lipinski definition) is 12. The van der Waals surface area contributed by atoms with Crippen molar-refractivity contribution in [3.05, 3.63) is 102 Å². The zero-order chi connectivity index (χ0) is 68.3. The van der Waals surface area contributed by atoms with Gasteiger partial charge in [-0.3, -0.25) is 52.7 Å². The Morgan fingerprint density at radius 3 is 1.52 bits per heavy atom. The van der Waals surface area contributed by atoms with Gasteiger partial charge in [0, 0.05) is 163 Å². The van der Waals surface area contributed by atoms with Gasteiger partial charge in [0.05, 0.1) is 23.6 Å². The Labute approximate surface area is 543 Å². The van der Waals surface area contributed by atoms with E-state index in [9.17, 15) is 52.7 Å². The van der Waals surface area contributed by atoms with Crippen LogP contribution in [0.3, 0.4) is 0 Å². The van der Waals surface area contributed by atoms with E-state index in [0.29, 0.717) is 23.1 Å². The number of rotatable bonds is 27. The summed E-state index contributed by atoms with van der Waals surface area (Å²) in [6.07, 6.45) is 13.8. The van der Waals surface area contributed by atoms with Gasteiger partial charge in [-0.2, -0.15) is 0 Å². The summed E-state index contributed by atoms with van der Waals surface area (Å²) in [5.74, 6) is 7.05. The lowest BCUT2D eigenvalue weighted by molar-refractivity contribution is -0.121. The molecule has 34 nitrogen and oxygen atoms in total. The number of amides is 11. The van der Waals surface area contributed by atoms with Crippen molar-refractivity contribution < 1.29 is 52.7 Å². The Hall–Kier alpha value is -12.1. The van der Waals surface area contributed by atoms with Crippen LogP contribution in [-0.2, 0) is 73.3 Å². The fraction of sp³-hybridized carbons (Fsp3) is 0.361. The molecule has 8 heterocycles. The number of aromatic nitrogens is 11. The molecule has 11 amide bonds. The van der Waals surface area contributed by atoms with Crippen molar-refractivity contribution >= 4 is 105 Å². The van der Waals surface area contributed by atoms with Gasteiger partial charge in [0.25, 0.3) is 35.4 Å². The first-order valence-corrected chi connectivity index (χ1v) is 30.0. The lowest BCUT2D eigenvalue weighted by atomic mass is 9.99. The molecule has 1 saturated heterocycles. The number of carbonyl (C=O) groups is 11. The molecule has 0 saturated carbocycles. The Morgan fingerprint density at radius 1 is 0.442 bits per heavy atom. The quantitative estimate of drug-likeness (QED) is 0.0251. The Morgan fingerprint density at radius 2 is 0.926 bits per heavy atom. The fourth-order valence-electron chi connectivity index (χ4n) is 9.60.